The van der Waals surface area contributed by atoms with Crippen LogP contribution in [0.2, 0.25) is 0 Å². The molecule has 0 N–H and O–H groups in total. The molecule has 1 aromatic heterocycles. The highest BCUT2D eigenvalue weighted by Crippen LogP contribution is 2.22. The van der Waals surface area contributed by atoms with Crippen molar-refractivity contribution in [2.75, 3.05) is 5.88 Å². The second kappa shape index (κ2) is 5.91. The Morgan fingerprint density at radius 2 is 2.16 bits per heavy atom. The zero-order valence-electron chi connectivity index (χ0n) is 11.7. The van der Waals surface area contributed by atoms with Crippen LogP contribution in [-0.2, 0) is 13.0 Å². The van der Waals surface area contributed by atoms with E-state index in [1.54, 1.807) is 6.92 Å². The maximum atomic E-state index is 13.6. The van der Waals surface area contributed by atoms with E-state index in [1.165, 1.54) is 6.07 Å². The fourth-order valence-corrected chi connectivity index (χ4v) is 2.39. The zero-order valence-corrected chi connectivity index (χ0v) is 12.5. The molecule has 0 aliphatic heterocycles. The van der Waals surface area contributed by atoms with Gasteiger partial charge in [-0.25, -0.2) is 9.37 Å². The van der Waals surface area contributed by atoms with E-state index < -0.39 is 0 Å². The molecule has 1 atom stereocenters. The molecule has 19 heavy (non-hydrogen) atoms. The molecule has 4 heteroatoms. The van der Waals surface area contributed by atoms with E-state index in [4.69, 9.17) is 11.6 Å². The number of aryl methyl sites for hydroxylation is 2. The van der Waals surface area contributed by atoms with Crippen LogP contribution in [0.1, 0.15) is 31.7 Å². The third-order valence-corrected chi connectivity index (χ3v) is 3.81. The Bertz CT molecular complexity index is 577. The van der Waals surface area contributed by atoms with Crippen molar-refractivity contribution in [2.45, 2.75) is 40.2 Å². The average Bonchev–Trinajstić information content (AvgIpc) is 2.68. The van der Waals surface area contributed by atoms with Crippen LogP contribution < -0.4 is 0 Å². The van der Waals surface area contributed by atoms with Gasteiger partial charge in [0.2, 0.25) is 0 Å². The molecule has 2 aromatic rings. The average molecular weight is 283 g/mol. The zero-order chi connectivity index (χ0) is 14.0. The van der Waals surface area contributed by atoms with Gasteiger partial charge in [-0.05, 0) is 24.5 Å². The summed E-state index contributed by atoms with van der Waals surface area (Å²) >= 11 is 5.84. The lowest BCUT2D eigenvalue weighted by atomic mass is 10.1. The molecule has 2 nitrogen and oxygen atoms in total. The minimum atomic E-state index is -0.196. The first-order chi connectivity index (χ1) is 9.06. The Balaban J connectivity index is 2.55. The number of alkyl halides is 1. The predicted octanol–water partition coefficient (Wildman–Crippen LogP) is 4.31. The Morgan fingerprint density at radius 3 is 2.79 bits per heavy atom. The van der Waals surface area contributed by atoms with Crippen molar-refractivity contribution in [3.8, 4) is 0 Å². The molecular formula is C15H20ClFN2. The first-order valence-corrected chi connectivity index (χ1v) is 7.31. The van der Waals surface area contributed by atoms with Crippen LogP contribution in [0.4, 0.5) is 4.39 Å². The fraction of sp³-hybridized carbons (Fsp3) is 0.533. The summed E-state index contributed by atoms with van der Waals surface area (Å²) in [4.78, 5) is 4.53. The minimum absolute atomic E-state index is 0.196. The summed E-state index contributed by atoms with van der Waals surface area (Å²) in [5.74, 6) is 1.86. The lowest BCUT2D eigenvalue weighted by Crippen LogP contribution is -2.10. The number of aromatic nitrogens is 2. The number of nitrogens with zero attached hydrogens (tertiary/aromatic N) is 2. The van der Waals surface area contributed by atoms with Gasteiger partial charge < -0.3 is 4.57 Å². The molecule has 0 saturated carbocycles. The number of hydrogen-bond donors (Lipinski definition) is 0. The number of fused-ring (bicyclic) bond motifs is 1. The highest BCUT2D eigenvalue weighted by atomic mass is 35.5. The van der Waals surface area contributed by atoms with Gasteiger partial charge in [-0.15, -0.1) is 11.6 Å². The first-order valence-electron chi connectivity index (χ1n) is 6.78. The standard InChI is InChI=1S/C15H20ClFN2/c1-4-10(2)9-19-14-7-11(3)12(17)8-13(14)18-15(19)5-6-16/h7-8,10H,4-6,9H2,1-3H3. The van der Waals surface area contributed by atoms with Crippen LogP contribution in [0, 0.1) is 18.7 Å². The van der Waals surface area contributed by atoms with E-state index in [-0.39, 0.29) is 5.82 Å². The quantitative estimate of drug-likeness (QED) is 0.747. The lowest BCUT2D eigenvalue weighted by Gasteiger charge is -2.13. The molecule has 0 aliphatic rings. The van der Waals surface area contributed by atoms with E-state index >= 15 is 0 Å². The second-order valence-electron chi connectivity index (χ2n) is 5.18. The number of hydrogen-bond acceptors (Lipinski definition) is 1. The van der Waals surface area contributed by atoms with Crippen LogP contribution >= 0.6 is 11.6 Å². The fourth-order valence-electron chi connectivity index (χ4n) is 2.22. The summed E-state index contributed by atoms with van der Waals surface area (Å²) in [6.45, 7) is 7.09. The minimum Gasteiger partial charge on any atom is -0.328 e. The van der Waals surface area contributed by atoms with Crippen LogP contribution in [0.25, 0.3) is 11.0 Å². The Kier molecular flexibility index (Phi) is 4.46. The molecule has 0 amide bonds. The molecule has 1 unspecified atom stereocenters. The van der Waals surface area contributed by atoms with Gasteiger partial charge >= 0.3 is 0 Å². The van der Waals surface area contributed by atoms with Crippen molar-refractivity contribution < 1.29 is 4.39 Å². The summed E-state index contributed by atoms with van der Waals surface area (Å²) in [6.07, 6.45) is 1.83. The topological polar surface area (TPSA) is 17.8 Å². The molecule has 0 aliphatic carbocycles. The van der Waals surface area contributed by atoms with Gasteiger partial charge in [0.15, 0.2) is 0 Å². The molecule has 0 bridgehead atoms. The van der Waals surface area contributed by atoms with Crippen molar-refractivity contribution in [1.29, 1.82) is 0 Å². The van der Waals surface area contributed by atoms with Crippen LogP contribution in [-0.4, -0.2) is 15.4 Å². The van der Waals surface area contributed by atoms with Gasteiger partial charge in [0.05, 0.1) is 11.0 Å². The molecule has 1 heterocycles. The van der Waals surface area contributed by atoms with Crippen LogP contribution in [0.3, 0.4) is 0 Å². The maximum absolute atomic E-state index is 13.6. The summed E-state index contributed by atoms with van der Waals surface area (Å²) in [7, 11) is 0. The van der Waals surface area contributed by atoms with E-state index in [1.807, 2.05) is 6.07 Å². The van der Waals surface area contributed by atoms with E-state index in [0.29, 0.717) is 23.8 Å². The Hall–Kier alpha value is -1.09. The molecule has 0 radical (unpaired) electrons. The van der Waals surface area contributed by atoms with E-state index in [2.05, 4.69) is 23.4 Å². The van der Waals surface area contributed by atoms with Gasteiger partial charge in [-0.2, -0.15) is 0 Å². The van der Waals surface area contributed by atoms with Crippen LogP contribution in [0.5, 0.6) is 0 Å². The lowest BCUT2D eigenvalue weighted by molar-refractivity contribution is 0.466. The van der Waals surface area contributed by atoms with Gasteiger partial charge in [-0.3, -0.25) is 0 Å². The molecule has 2 rings (SSSR count). The molecule has 0 spiro atoms. The second-order valence-corrected chi connectivity index (χ2v) is 5.56. The van der Waals surface area contributed by atoms with Gasteiger partial charge in [0, 0.05) is 24.9 Å². The number of halogens is 2. The molecule has 1 aromatic carbocycles. The smallest absolute Gasteiger partial charge is 0.128 e. The summed E-state index contributed by atoms with van der Waals surface area (Å²) < 4.78 is 15.8. The van der Waals surface area contributed by atoms with Gasteiger partial charge in [0.1, 0.15) is 11.6 Å². The van der Waals surface area contributed by atoms with Crippen molar-refractivity contribution in [3.63, 3.8) is 0 Å². The van der Waals surface area contributed by atoms with E-state index in [0.717, 1.165) is 29.8 Å². The molecule has 0 fully saturated rings. The van der Waals surface area contributed by atoms with Crippen molar-refractivity contribution in [1.82, 2.24) is 9.55 Å². The van der Waals surface area contributed by atoms with Crippen molar-refractivity contribution in [3.05, 3.63) is 29.3 Å². The summed E-state index contributed by atoms with van der Waals surface area (Å²) in [5.41, 5.74) is 2.40. The predicted molar refractivity (Wildman–Crippen MR) is 78.3 cm³/mol. The van der Waals surface area contributed by atoms with Crippen molar-refractivity contribution in [2.24, 2.45) is 5.92 Å². The highest BCUT2D eigenvalue weighted by molar-refractivity contribution is 6.17. The van der Waals surface area contributed by atoms with Crippen molar-refractivity contribution >= 4 is 22.6 Å². The van der Waals surface area contributed by atoms with E-state index in [9.17, 15) is 4.39 Å². The molecule has 104 valence electrons. The normalized spacial score (nSPS) is 13.1. The largest absolute Gasteiger partial charge is 0.328 e. The number of imidazole rings is 1. The monoisotopic (exact) mass is 282 g/mol. The highest BCUT2D eigenvalue weighted by Gasteiger charge is 2.14. The van der Waals surface area contributed by atoms with Gasteiger partial charge in [0.25, 0.3) is 0 Å². The summed E-state index contributed by atoms with van der Waals surface area (Å²) in [6, 6.07) is 3.41. The number of rotatable bonds is 5. The SMILES string of the molecule is CCC(C)Cn1c(CCCl)nc2cc(F)c(C)cc21. The Morgan fingerprint density at radius 1 is 1.42 bits per heavy atom. The third-order valence-electron chi connectivity index (χ3n) is 3.62. The number of benzene rings is 1. The summed E-state index contributed by atoms with van der Waals surface area (Å²) in [5, 5.41) is 0. The van der Waals surface area contributed by atoms with Gasteiger partial charge in [-0.1, -0.05) is 20.3 Å². The first kappa shape index (κ1) is 14.3. The van der Waals surface area contributed by atoms with Crippen LogP contribution in [0.15, 0.2) is 12.1 Å². The maximum Gasteiger partial charge on any atom is 0.128 e. The Labute approximate surface area is 118 Å². The third kappa shape index (κ3) is 2.92. The molecule has 0 saturated heterocycles. The molecular weight excluding hydrogens is 263 g/mol.